The first-order valence-corrected chi connectivity index (χ1v) is 22.8. The molecule has 0 aliphatic rings. The molecule has 0 rings (SSSR count). The number of hydrogen-bond donors (Lipinski definition) is 0. The fraction of sp³-hybridized carbons (Fsp3) is 0. The molecule has 0 amide bonds. The van der Waals surface area contributed by atoms with E-state index in [0.29, 0.717) is 0 Å². The Kier molecular flexibility index (Phi) is 14.5. The summed E-state index contributed by atoms with van der Waals surface area (Å²) in [6.07, 6.45) is 0. The average molecular weight is 468 g/mol. The summed E-state index contributed by atoms with van der Waals surface area (Å²) in [5.74, 6) is 0. The molecule has 0 aliphatic heterocycles. The van der Waals surface area contributed by atoms with E-state index in [1.807, 2.05) is 0 Å². The fourth-order valence-corrected chi connectivity index (χ4v) is 0. The maximum absolute atomic E-state index is 2.50. The van der Waals surface area contributed by atoms with Crippen LogP contribution in [0.4, 0.5) is 0 Å². The molecule has 0 radical (unpaired) electrons. The molecule has 0 heterocycles. The molecule has 0 saturated heterocycles. The van der Waals surface area contributed by atoms with E-state index in [9.17, 15) is 0 Å². The quantitative estimate of drug-likeness (QED) is 0.381. The molecule has 0 atom stereocenters. The Balaban J connectivity index is 0. The molecular weight excluding hydrogens is 466 g/mol. The van der Waals surface area contributed by atoms with Crippen molar-refractivity contribution in [1.29, 1.82) is 0 Å². The van der Waals surface area contributed by atoms with Crippen molar-refractivity contribution in [2.24, 2.45) is 0 Å². The summed E-state index contributed by atoms with van der Waals surface area (Å²) >= 11 is 7.51. The minimum absolute atomic E-state index is 0. The second-order valence-electron chi connectivity index (χ2n) is 0.247. The summed E-state index contributed by atoms with van der Waals surface area (Å²) in [5, 5.41) is 0. The van der Waals surface area contributed by atoms with Crippen molar-refractivity contribution in [3.63, 3.8) is 0 Å². The Hall–Kier alpha value is 2.79. The van der Waals surface area contributed by atoms with E-state index in [0.717, 1.165) is 0 Å². The molecule has 0 unspecified atom stereocenters. The van der Waals surface area contributed by atoms with E-state index in [2.05, 4.69) is 59.0 Å². The monoisotopic (exact) mass is 468 g/mol. The molecule has 5 heteroatoms. The van der Waals surface area contributed by atoms with E-state index < -0.39 is 5.58 Å². The van der Waals surface area contributed by atoms with Gasteiger partial charge in [0.05, 0.1) is 0 Å². The van der Waals surface area contributed by atoms with E-state index in [1.54, 1.807) is 0 Å². The van der Waals surface area contributed by atoms with Gasteiger partial charge in [0.2, 0.25) is 0 Å². The minimum atomic E-state index is -0.569. The van der Waals surface area contributed by atoms with E-state index in [-0.39, 0.29) is 5.48 Å². The van der Waals surface area contributed by atoms with Crippen LogP contribution in [0.5, 0.6) is 0 Å². The molecule has 0 aromatic rings. The van der Waals surface area contributed by atoms with Gasteiger partial charge in [-0.15, -0.1) is 0 Å². The van der Waals surface area contributed by atoms with Crippen LogP contribution in [0.3, 0.4) is 0 Å². The van der Waals surface area contributed by atoms with Crippen LogP contribution in [0.2, 0.25) is 0 Å². The van der Waals surface area contributed by atoms with E-state index >= 15 is 0 Å². The van der Waals surface area contributed by atoms with Crippen molar-refractivity contribution in [3.8, 4) is 0 Å². The van der Waals surface area contributed by atoms with Crippen molar-refractivity contribution in [3.05, 3.63) is 0 Å². The van der Waals surface area contributed by atoms with Crippen LogP contribution < -0.4 is 0 Å². The van der Waals surface area contributed by atoms with Gasteiger partial charge in [0.1, 0.15) is 0 Å². The molecule has 0 aromatic heterocycles. The van der Waals surface area contributed by atoms with Crippen LogP contribution in [0, 0.1) is 0 Å². The zero-order valence-corrected chi connectivity index (χ0v) is 11.1. The third-order valence-electron chi connectivity index (χ3n) is 0. The van der Waals surface area contributed by atoms with E-state index in [1.165, 1.54) is 0 Å². The fourth-order valence-electron chi connectivity index (χ4n) is 0. The molecule has 0 aliphatic carbocycles. The Morgan fingerprint density at radius 2 is 1.00 bits per heavy atom. The second-order valence-corrected chi connectivity index (χ2v) is 57.9. The summed E-state index contributed by atoms with van der Waals surface area (Å²) in [6, 6.07) is 0. The predicted molar refractivity (Wildman–Crippen MR) is 51.4 cm³/mol. The number of halogens is 3. The molecule has 0 fully saturated rings. The summed E-state index contributed by atoms with van der Waals surface area (Å²) < 4.78 is 0. The van der Waals surface area contributed by atoms with Gasteiger partial charge in [0, 0.05) is 0 Å². The molecule has 0 saturated carbocycles. The summed E-state index contributed by atoms with van der Waals surface area (Å²) in [5.41, 5.74) is -0.569. The van der Waals surface area contributed by atoms with Gasteiger partial charge in [0.25, 0.3) is 0 Å². The first kappa shape index (κ1) is 10.7. The first-order chi connectivity index (χ1) is 1.73. The third kappa shape index (κ3) is 20.0. The van der Waals surface area contributed by atoms with Crippen molar-refractivity contribution >= 4 is 64.6 Å². The normalized spacial score (nSPS) is 5.40. The Bertz CT molecular complexity index is 11.6. The van der Waals surface area contributed by atoms with Crippen molar-refractivity contribution in [1.82, 2.24) is 0 Å². The van der Waals surface area contributed by atoms with Gasteiger partial charge < -0.3 is 5.48 Å². The third-order valence-corrected chi connectivity index (χ3v) is 0. The zero-order valence-electron chi connectivity index (χ0n) is 2.21. The first-order valence-electron chi connectivity index (χ1n) is 0.655. The van der Waals surface area contributed by atoms with Crippen molar-refractivity contribution in [2.75, 3.05) is 0 Å². The number of hydrogen-bond acceptors (Lipinski definition) is 0. The van der Waals surface area contributed by atoms with Gasteiger partial charge in [-0.3, -0.25) is 0 Å². The Morgan fingerprint density at radius 1 is 1.00 bits per heavy atom. The maximum atomic E-state index is 2.50. The SMILES string of the molecule is O.[I][Ga]([I])[I]. The molecular formula is H2GaI3O. The van der Waals surface area contributed by atoms with Crippen LogP contribution in [0.25, 0.3) is 0 Å². The Labute approximate surface area is 68.3 Å². The molecule has 2 N–H and O–H groups in total. The molecule has 5 heavy (non-hydrogen) atoms. The van der Waals surface area contributed by atoms with Gasteiger partial charge >= 0.3 is 64.6 Å². The van der Waals surface area contributed by atoms with Crippen LogP contribution in [-0.2, 0) is 0 Å². The molecule has 0 aromatic carbocycles. The van der Waals surface area contributed by atoms with Crippen molar-refractivity contribution < 1.29 is 5.48 Å². The standard InChI is InChI=1S/Ga.3HI.H2O/h;3*1H;1H2/q+3;;;;/p-3. The average Bonchev–Trinajstić information content (AvgIpc) is 0.811. The molecule has 0 bridgehead atoms. The molecule has 32 valence electrons. The molecule has 1 nitrogen and oxygen atoms in total. The van der Waals surface area contributed by atoms with Crippen LogP contribution >= 0.6 is 59.0 Å². The second kappa shape index (κ2) is 6.79. The van der Waals surface area contributed by atoms with Crippen LogP contribution in [-0.4, -0.2) is 11.1 Å². The Morgan fingerprint density at radius 3 is 1.00 bits per heavy atom. The topological polar surface area (TPSA) is 31.5 Å². The van der Waals surface area contributed by atoms with Crippen LogP contribution in [0.15, 0.2) is 0 Å². The summed E-state index contributed by atoms with van der Waals surface area (Å²) in [7, 11) is 0. The van der Waals surface area contributed by atoms with Gasteiger partial charge in [-0.25, -0.2) is 0 Å². The predicted octanol–water partition coefficient (Wildman–Crippen LogP) is 1.45. The zero-order chi connectivity index (χ0) is 3.58. The van der Waals surface area contributed by atoms with E-state index in [4.69, 9.17) is 0 Å². The number of rotatable bonds is 0. The van der Waals surface area contributed by atoms with Crippen molar-refractivity contribution in [2.45, 2.75) is 0 Å². The molecule has 0 spiro atoms. The summed E-state index contributed by atoms with van der Waals surface area (Å²) in [6.45, 7) is 0. The van der Waals surface area contributed by atoms with Gasteiger partial charge in [0.15, 0.2) is 0 Å². The van der Waals surface area contributed by atoms with Gasteiger partial charge in [-0.1, -0.05) is 0 Å². The summed E-state index contributed by atoms with van der Waals surface area (Å²) in [4.78, 5) is 0. The van der Waals surface area contributed by atoms with Gasteiger partial charge in [-0.2, -0.15) is 0 Å². The van der Waals surface area contributed by atoms with Crippen LogP contribution in [0.1, 0.15) is 0 Å². The van der Waals surface area contributed by atoms with Gasteiger partial charge in [-0.05, 0) is 0 Å².